The molecule has 0 saturated heterocycles. The van der Waals surface area contributed by atoms with E-state index in [2.05, 4.69) is 27.5 Å². The summed E-state index contributed by atoms with van der Waals surface area (Å²) in [7, 11) is 0. The van der Waals surface area contributed by atoms with Gasteiger partial charge in [0.1, 0.15) is 0 Å². The number of nitrogens with one attached hydrogen (secondary N) is 2. The lowest BCUT2D eigenvalue weighted by atomic mass is 10.2. The van der Waals surface area contributed by atoms with Crippen LogP contribution in [-0.2, 0) is 6.54 Å². The molecule has 1 heterocycles. The number of thiazole rings is 1. The van der Waals surface area contributed by atoms with Crippen molar-refractivity contribution in [1.29, 1.82) is 0 Å². The second-order valence-electron chi connectivity index (χ2n) is 4.68. The fourth-order valence-corrected chi connectivity index (χ4v) is 2.91. The number of rotatable bonds is 4. The van der Waals surface area contributed by atoms with Gasteiger partial charge in [-0.25, -0.2) is 9.98 Å². The van der Waals surface area contributed by atoms with Crippen molar-refractivity contribution >= 4 is 17.3 Å². The van der Waals surface area contributed by atoms with E-state index in [1.807, 2.05) is 12.4 Å². The maximum atomic E-state index is 4.65. The minimum absolute atomic E-state index is 0.602. The van der Waals surface area contributed by atoms with Gasteiger partial charge >= 0.3 is 0 Å². The third kappa shape index (κ3) is 3.70. The van der Waals surface area contributed by atoms with Crippen molar-refractivity contribution < 1.29 is 0 Å². The highest BCUT2D eigenvalue weighted by Crippen LogP contribution is 2.17. The smallest absolute Gasteiger partial charge is 0.191 e. The van der Waals surface area contributed by atoms with Gasteiger partial charge in [0, 0.05) is 17.5 Å². The first-order chi connectivity index (χ1) is 8.79. The quantitative estimate of drug-likeness (QED) is 0.650. The van der Waals surface area contributed by atoms with Crippen LogP contribution in [-0.4, -0.2) is 23.5 Å². The second-order valence-corrected chi connectivity index (χ2v) is 5.62. The molecule has 0 amide bonds. The fraction of sp³-hybridized carbons (Fsp3) is 0.692. The second kappa shape index (κ2) is 6.73. The van der Waals surface area contributed by atoms with E-state index in [1.54, 1.807) is 11.3 Å². The molecule has 5 heteroatoms. The van der Waals surface area contributed by atoms with E-state index in [-0.39, 0.29) is 0 Å². The minimum Gasteiger partial charge on any atom is -0.357 e. The number of guanidine groups is 1. The highest BCUT2D eigenvalue weighted by atomic mass is 32.1. The zero-order valence-electron chi connectivity index (χ0n) is 11.2. The van der Waals surface area contributed by atoms with Crippen molar-refractivity contribution in [3.05, 3.63) is 16.1 Å². The molecule has 0 spiro atoms. The van der Waals surface area contributed by atoms with Crippen molar-refractivity contribution in [2.75, 3.05) is 6.54 Å². The van der Waals surface area contributed by atoms with Crippen LogP contribution in [0.3, 0.4) is 0 Å². The van der Waals surface area contributed by atoms with Crippen LogP contribution < -0.4 is 10.6 Å². The number of nitrogens with zero attached hydrogens (tertiary/aromatic N) is 2. The Kier molecular flexibility index (Phi) is 4.99. The number of hydrogen-bond acceptors (Lipinski definition) is 3. The number of hydrogen-bond donors (Lipinski definition) is 2. The van der Waals surface area contributed by atoms with Crippen molar-refractivity contribution in [3.8, 4) is 0 Å². The zero-order chi connectivity index (χ0) is 12.8. The predicted molar refractivity (Wildman–Crippen MR) is 77.1 cm³/mol. The van der Waals surface area contributed by atoms with Crippen molar-refractivity contribution in [1.82, 2.24) is 15.6 Å². The summed E-state index contributed by atoms with van der Waals surface area (Å²) in [6.45, 7) is 5.77. The van der Waals surface area contributed by atoms with Gasteiger partial charge in [-0.3, -0.25) is 0 Å². The Morgan fingerprint density at radius 1 is 1.50 bits per heavy atom. The maximum absolute atomic E-state index is 4.65. The summed E-state index contributed by atoms with van der Waals surface area (Å²) >= 11 is 1.68. The van der Waals surface area contributed by atoms with Gasteiger partial charge in [0.2, 0.25) is 0 Å². The highest BCUT2D eigenvalue weighted by Gasteiger charge is 2.15. The molecule has 4 nitrogen and oxygen atoms in total. The predicted octanol–water partition coefficient (Wildman–Crippen LogP) is 2.45. The van der Waals surface area contributed by atoms with E-state index in [1.165, 1.54) is 30.6 Å². The summed E-state index contributed by atoms with van der Waals surface area (Å²) in [4.78, 5) is 10.1. The van der Waals surface area contributed by atoms with E-state index in [0.717, 1.165) is 24.7 Å². The lowest BCUT2D eigenvalue weighted by Crippen LogP contribution is -2.42. The van der Waals surface area contributed by atoms with Gasteiger partial charge < -0.3 is 10.6 Å². The first-order valence-electron chi connectivity index (χ1n) is 6.73. The molecule has 1 aromatic rings. The summed E-state index contributed by atoms with van der Waals surface area (Å²) in [5.41, 5.74) is 2.98. The summed E-state index contributed by atoms with van der Waals surface area (Å²) in [6.07, 6.45) is 5.21. The molecule has 0 aliphatic heterocycles. The Hall–Kier alpha value is -1.10. The lowest BCUT2D eigenvalue weighted by molar-refractivity contribution is 0.614. The van der Waals surface area contributed by atoms with Crippen LogP contribution in [0, 0.1) is 6.92 Å². The molecule has 1 aromatic heterocycles. The Balaban J connectivity index is 1.93. The van der Waals surface area contributed by atoms with Crippen LogP contribution in [0.2, 0.25) is 0 Å². The summed E-state index contributed by atoms with van der Waals surface area (Å²) in [6, 6.07) is 0.602. The van der Waals surface area contributed by atoms with E-state index >= 15 is 0 Å². The molecule has 2 N–H and O–H groups in total. The van der Waals surface area contributed by atoms with E-state index in [0.29, 0.717) is 6.04 Å². The van der Waals surface area contributed by atoms with Crippen LogP contribution in [0.5, 0.6) is 0 Å². The zero-order valence-corrected chi connectivity index (χ0v) is 12.0. The molecule has 0 bridgehead atoms. The molecule has 0 unspecified atom stereocenters. The molecule has 100 valence electrons. The first kappa shape index (κ1) is 13.3. The average Bonchev–Trinajstić information content (AvgIpc) is 2.98. The molecule has 0 radical (unpaired) electrons. The Bertz CT molecular complexity index is 393. The molecule has 0 atom stereocenters. The maximum Gasteiger partial charge on any atom is 0.191 e. The van der Waals surface area contributed by atoms with Crippen LogP contribution >= 0.6 is 11.3 Å². The molecule has 1 aliphatic rings. The van der Waals surface area contributed by atoms with E-state index in [4.69, 9.17) is 0 Å². The third-order valence-corrected chi connectivity index (χ3v) is 4.19. The van der Waals surface area contributed by atoms with Crippen molar-refractivity contribution in [3.63, 3.8) is 0 Å². The fourth-order valence-electron chi connectivity index (χ4n) is 2.21. The molecule has 2 rings (SSSR count). The number of aryl methyl sites for hydroxylation is 1. The van der Waals surface area contributed by atoms with Gasteiger partial charge in [-0.1, -0.05) is 12.8 Å². The van der Waals surface area contributed by atoms with Crippen molar-refractivity contribution in [2.45, 2.75) is 52.1 Å². The Labute approximate surface area is 113 Å². The molecule has 1 saturated carbocycles. The van der Waals surface area contributed by atoms with Gasteiger partial charge in [0.15, 0.2) is 5.96 Å². The third-order valence-electron chi connectivity index (χ3n) is 3.27. The average molecular weight is 266 g/mol. The standard InChI is InChI=1S/C13H22N4S/c1-3-14-13(17-11-6-4-5-7-11)15-8-12-10(2)16-9-18-12/h9,11H,3-8H2,1-2H3,(H2,14,15,17). The largest absolute Gasteiger partial charge is 0.357 e. The Morgan fingerprint density at radius 2 is 2.28 bits per heavy atom. The topological polar surface area (TPSA) is 49.3 Å². The summed E-state index contributed by atoms with van der Waals surface area (Å²) in [5.74, 6) is 0.942. The van der Waals surface area contributed by atoms with Crippen LogP contribution in [0.4, 0.5) is 0 Å². The SMILES string of the molecule is CCNC(=NCc1scnc1C)NC1CCCC1. The molecule has 1 fully saturated rings. The van der Waals surface area contributed by atoms with Gasteiger partial charge in [-0.2, -0.15) is 0 Å². The molecular formula is C13H22N4S. The monoisotopic (exact) mass is 266 g/mol. The lowest BCUT2D eigenvalue weighted by Gasteiger charge is -2.16. The van der Waals surface area contributed by atoms with Gasteiger partial charge in [0.05, 0.1) is 17.7 Å². The molecule has 0 aromatic carbocycles. The van der Waals surface area contributed by atoms with E-state index < -0.39 is 0 Å². The van der Waals surface area contributed by atoms with Crippen LogP contribution in [0.15, 0.2) is 10.5 Å². The first-order valence-corrected chi connectivity index (χ1v) is 7.61. The van der Waals surface area contributed by atoms with Gasteiger partial charge in [-0.05, 0) is 26.7 Å². The van der Waals surface area contributed by atoms with Crippen LogP contribution in [0.25, 0.3) is 0 Å². The normalized spacial score (nSPS) is 17.1. The molecule has 18 heavy (non-hydrogen) atoms. The van der Waals surface area contributed by atoms with Crippen molar-refractivity contribution in [2.24, 2.45) is 4.99 Å². The molecular weight excluding hydrogens is 244 g/mol. The van der Waals surface area contributed by atoms with Gasteiger partial charge in [-0.15, -0.1) is 11.3 Å². The highest BCUT2D eigenvalue weighted by molar-refractivity contribution is 7.09. The minimum atomic E-state index is 0.602. The van der Waals surface area contributed by atoms with E-state index in [9.17, 15) is 0 Å². The van der Waals surface area contributed by atoms with Crippen LogP contribution in [0.1, 0.15) is 43.2 Å². The van der Waals surface area contributed by atoms with Gasteiger partial charge in [0.25, 0.3) is 0 Å². The summed E-state index contributed by atoms with van der Waals surface area (Å²) in [5, 5.41) is 6.84. The molecule has 1 aliphatic carbocycles. The number of aliphatic imine (C=N–C) groups is 1. The number of aromatic nitrogens is 1. The Morgan fingerprint density at radius 3 is 2.89 bits per heavy atom. The summed E-state index contributed by atoms with van der Waals surface area (Å²) < 4.78 is 0.